The van der Waals surface area contributed by atoms with E-state index >= 15 is 0 Å². The van der Waals surface area contributed by atoms with Crippen molar-refractivity contribution in [3.63, 3.8) is 0 Å². The summed E-state index contributed by atoms with van der Waals surface area (Å²) in [4.78, 5) is 0. The molecule has 64 valence electrons. The minimum atomic E-state index is -0.298. The van der Waals surface area contributed by atoms with Gasteiger partial charge in [-0.2, -0.15) is 0 Å². The minimum Gasteiger partial charge on any atom is -0.396 e. The molecule has 1 N–H and O–H groups in total. The molecule has 2 rings (SSSR count). The Morgan fingerprint density at radius 3 is 2.64 bits per heavy atom. The van der Waals surface area contributed by atoms with E-state index in [0.717, 1.165) is 32.5 Å². The van der Waals surface area contributed by atoms with Gasteiger partial charge in [-0.05, 0) is 12.3 Å². The quantitative estimate of drug-likeness (QED) is 0.604. The Morgan fingerprint density at radius 1 is 1.36 bits per heavy atom. The first kappa shape index (κ1) is 7.53. The third-order valence-corrected chi connectivity index (χ3v) is 2.60. The molecule has 0 aromatic rings. The normalized spacial score (nSPS) is 35.2. The molecule has 3 heteroatoms. The molecule has 2 fully saturated rings. The highest BCUT2D eigenvalue weighted by atomic mass is 16.7. The van der Waals surface area contributed by atoms with Crippen molar-refractivity contribution in [1.82, 2.24) is 0 Å². The molecule has 1 spiro atoms. The summed E-state index contributed by atoms with van der Waals surface area (Å²) in [6, 6.07) is 0. The van der Waals surface area contributed by atoms with Crippen LogP contribution >= 0.6 is 0 Å². The second-order valence-electron chi connectivity index (χ2n) is 3.40. The van der Waals surface area contributed by atoms with E-state index in [1.807, 2.05) is 0 Å². The van der Waals surface area contributed by atoms with Gasteiger partial charge in [0.05, 0.1) is 13.2 Å². The van der Waals surface area contributed by atoms with Gasteiger partial charge in [-0.15, -0.1) is 0 Å². The van der Waals surface area contributed by atoms with Gasteiger partial charge in [-0.25, -0.2) is 0 Å². The Morgan fingerprint density at radius 2 is 2.09 bits per heavy atom. The monoisotopic (exact) mass is 158 g/mol. The molecule has 1 aliphatic heterocycles. The third kappa shape index (κ3) is 1.28. The van der Waals surface area contributed by atoms with Gasteiger partial charge in [0.15, 0.2) is 5.79 Å². The van der Waals surface area contributed by atoms with Crippen LogP contribution < -0.4 is 0 Å². The molecule has 1 saturated carbocycles. The largest absolute Gasteiger partial charge is 0.396 e. The molecule has 3 nitrogen and oxygen atoms in total. The van der Waals surface area contributed by atoms with Gasteiger partial charge in [0.25, 0.3) is 0 Å². The zero-order valence-electron chi connectivity index (χ0n) is 6.58. The molecule has 1 saturated heterocycles. The highest BCUT2D eigenvalue weighted by Crippen LogP contribution is 2.40. The van der Waals surface area contributed by atoms with Crippen LogP contribution in [0, 0.1) is 5.92 Å². The second-order valence-corrected chi connectivity index (χ2v) is 3.40. The van der Waals surface area contributed by atoms with Crippen LogP contribution in [-0.2, 0) is 9.47 Å². The number of rotatable bonds is 1. The molecule has 1 aliphatic carbocycles. The number of hydrogen-bond donors (Lipinski definition) is 1. The van der Waals surface area contributed by atoms with E-state index < -0.39 is 0 Å². The summed E-state index contributed by atoms with van der Waals surface area (Å²) in [5.74, 6) is 0.0982. The van der Waals surface area contributed by atoms with E-state index in [1.165, 1.54) is 0 Å². The van der Waals surface area contributed by atoms with E-state index in [1.54, 1.807) is 0 Å². The Bertz CT molecular complexity index is 140. The van der Waals surface area contributed by atoms with Crippen molar-refractivity contribution >= 4 is 0 Å². The lowest BCUT2D eigenvalue weighted by atomic mass is 10.1. The van der Waals surface area contributed by atoms with Gasteiger partial charge in [0.2, 0.25) is 0 Å². The molecule has 0 aromatic heterocycles. The van der Waals surface area contributed by atoms with Crippen LogP contribution in [0.25, 0.3) is 0 Å². The fraction of sp³-hybridized carbons (Fsp3) is 1.00. The van der Waals surface area contributed by atoms with Crippen molar-refractivity contribution in [3.8, 4) is 0 Å². The Balaban J connectivity index is 1.96. The zero-order chi connectivity index (χ0) is 7.73. The topological polar surface area (TPSA) is 38.7 Å². The summed E-state index contributed by atoms with van der Waals surface area (Å²) < 4.78 is 11.0. The maximum absolute atomic E-state index is 8.90. The minimum absolute atomic E-state index is 0.272. The first-order chi connectivity index (χ1) is 5.35. The van der Waals surface area contributed by atoms with Crippen molar-refractivity contribution in [3.05, 3.63) is 0 Å². The van der Waals surface area contributed by atoms with Gasteiger partial charge in [-0.3, -0.25) is 0 Å². The first-order valence-electron chi connectivity index (χ1n) is 4.23. The number of ether oxygens (including phenoxy) is 2. The predicted octanol–water partition coefficient (Wildman–Crippen LogP) is 0.522. The lowest BCUT2D eigenvalue weighted by Crippen LogP contribution is -2.26. The molecular weight excluding hydrogens is 144 g/mol. The summed E-state index contributed by atoms with van der Waals surface area (Å²) in [6.45, 7) is 1.71. The average molecular weight is 158 g/mol. The summed E-state index contributed by atoms with van der Waals surface area (Å²) in [5.41, 5.74) is 0. The molecule has 1 heterocycles. The van der Waals surface area contributed by atoms with Crippen LogP contribution in [0.15, 0.2) is 0 Å². The third-order valence-electron chi connectivity index (χ3n) is 2.60. The molecular formula is C8H14O3. The van der Waals surface area contributed by atoms with Crippen molar-refractivity contribution in [1.29, 1.82) is 0 Å². The molecule has 1 atom stereocenters. The van der Waals surface area contributed by atoms with E-state index in [4.69, 9.17) is 14.6 Å². The molecule has 0 amide bonds. The fourth-order valence-electron chi connectivity index (χ4n) is 1.98. The van der Waals surface area contributed by atoms with Crippen LogP contribution in [-0.4, -0.2) is 30.7 Å². The van der Waals surface area contributed by atoms with Gasteiger partial charge in [0, 0.05) is 19.4 Å². The fourth-order valence-corrected chi connectivity index (χ4v) is 1.98. The highest BCUT2D eigenvalue weighted by Gasteiger charge is 2.43. The zero-order valence-corrected chi connectivity index (χ0v) is 6.58. The summed E-state index contributed by atoms with van der Waals surface area (Å²) in [7, 11) is 0. The summed E-state index contributed by atoms with van der Waals surface area (Å²) in [6.07, 6.45) is 2.87. The van der Waals surface area contributed by atoms with Crippen LogP contribution in [0.3, 0.4) is 0 Å². The van der Waals surface area contributed by atoms with Crippen LogP contribution in [0.1, 0.15) is 19.3 Å². The predicted molar refractivity (Wildman–Crippen MR) is 39.1 cm³/mol. The van der Waals surface area contributed by atoms with Crippen LogP contribution in [0.2, 0.25) is 0 Å². The van der Waals surface area contributed by atoms with Gasteiger partial charge >= 0.3 is 0 Å². The van der Waals surface area contributed by atoms with Crippen LogP contribution in [0.4, 0.5) is 0 Å². The van der Waals surface area contributed by atoms with E-state index in [-0.39, 0.29) is 12.4 Å². The van der Waals surface area contributed by atoms with E-state index in [0.29, 0.717) is 5.92 Å². The Labute approximate surface area is 66.3 Å². The Hall–Kier alpha value is -0.120. The van der Waals surface area contributed by atoms with Gasteiger partial charge in [0.1, 0.15) is 0 Å². The Kier molecular flexibility index (Phi) is 1.87. The molecule has 0 unspecified atom stereocenters. The lowest BCUT2D eigenvalue weighted by Gasteiger charge is -2.20. The summed E-state index contributed by atoms with van der Waals surface area (Å²) >= 11 is 0. The maximum Gasteiger partial charge on any atom is 0.168 e. The molecule has 2 aliphatic rings. The van der Waals surface area contributed by atoms with Crippen molar-refractivity contribution in [2.45, 2.75) is 25.0 Å². The van der Waals surface area contributed by atoms with E-state index in [2.05, 4.69) is 0 Å². The van der Waals surface area contributed by atoms with Crippen molar-refractivity contribution in [2.24, 2.45) is 5.92 Å². The number of aliphatic hydroxyl groups excluding tert-OH is 1. The van der Waals surface area contributed by atoms with E-state index in [9.17, 15) is 0 Å². The van der Waals surface area contributed by atoms with Gasteiger partial charge < -0.3 is 14.6 Å². The maximum atomic E-state index is 8.90. The molecule has 0 bridgehead atoms. The second kappa shape index (κ2) is 2.73. The summed E-state index contributed by atoms with van der Waals surface area (Å²) in [5, 5.41) is 8.90. The highest BCUT2D eigenvalue weighted by molar-refractivity contribution is 4.85. The molecule has 0 radical (unpaired) electrons. The van der Waals surface area contributed by atoms with Gasteiger partial charge in [-0.1, -0.05) is 0 Å². The van der Waals surface area contributed by atoms with Crippen molar-refractivity contribution < 1.29 is 14.6 Å². The molecule has 11 heavy (non-hydrogen) atoms. The average Bonchev–Trinajstić information content (AvgIpc) is 2.62. The molecule has 0 aromatic carbocycles. The number of aliphatic hydroxyl groups is 1. The lowest BCUT2D eigenvalue weighted by molar-refractivity contribution is -0.153. The smallest absolute Gasteiger partial charge is 0.168 e. The SMILES string of the molecule is OC[C@@H]1CCC2(C1)OCCO2. The van der Waals surface area contributed by atoms with Crippen molar-refractivity contribution in [2.75, 3.05) is 19.8 Å². The first-order valence-corrected chi connectivity index (χ1v) is 4.23. The number of hydrogen-bond acceptors (Lipinski definition) is 3. The standard InChI is InChI=1S/C8H14O3/c9-6-7-1-2-8(5-7)10-3-4-11-8/h7,9H,1-6H2/t7-/m1/s1. The van der Waals surface area contributed by atoms with Crippen LogP contribution in [0.5, 0.6) is 0 Å².